The maximum Gasteiger partial charge on any atom is 0.245 e. The van der Waals surface area contributed by atoms with E-state index >= 15 is 0 Å². The highest BCUT2D eigenvalue weighted by Crippen LogP contribution is 2.28. The Morgan fingerprint density at radius 3 is 2.58 bits per heavy atom. The lowest BCUT2D eigenvalue weighted by molar-refractivity contribution is -0.145. The third kappa shape index (κ3) is 3.71. The van der Waals surface area contributed by atoms with Gasteiger partial charge in [0.15, 0.2) is 0 Å². The van der Waals surface area contributed by atoms with Crippen LogP contribution in [0.15, 0.2) is 0 Å². The Morgan fingerprint density at radius 2 is 1.95 bits per heavy atom. The first-order chi connectivity index (χ1) is 9.08. The molecule has 1 aliphatic carbocycles. The summed E-state index contributed by atoms with van der Waals surface area (Å²) in [6.45, 7) is 4.94. The minimum Gasteiger partial charge on any atom is -0.343 e. The van der Waals surface area contributed by atoms with E-state index in [0.29, 0.717) is 0 Å². The van der Waals surface area contributed by atoms with Crippen LogP contribution in [0.4, 0.5) is 0 Å². The zero-order chi connectivity index (χ0) is 13.8. The summed E-state index contributed by atoms with van der Waals surface area (Å²) in [4.78, 5) is 25.6. The van der Waals surface area contributed by atoms with E-state index < -0.39 is 0 Å². The summed E-state index contributed by atoms with van der Waals surface area (Å²) in [5, 5.41) is 2.80. The van der Waals surface area contributed by atoms with Gasteiger partial charge >= 0.3 is 0 Å². The molecule has 2 amide bonds. The molecular weight excluding hydrogens is 240 g/mol. The minimum absolute atomic E-state index is 0.0147. The van der Waals surface area contributed by atoms with E-state index in [9.17, 15) is 9.59 Å². The van der Waals surface area contributed by atoms with Crippen molar-refractivity contribution in [2.75, 3.05) is 13.1 Å². The van der Waals surface area contributed by atoms with Crippen molar-refractivity contribution < 1.29 is 9.59 Å². The van der Waals surface area contributed by atoms with Crippen LogP contribution in [0.2, 0.25) is 0 Å². The van der Waals surface area contributed by atoms with Gasteiger partial charge in [0.25, 0.3) is 0 Å². The second-order valence-corrected chi connectivity index (χ2v) is 6.34. The molecule has 0 aromatic carbocycles. The summed E-state index contributed by atoms with van der Waals surface area (Å²) in [5.74, 6) is 1.10. The lowest BCUT2D eigenvalue weighted by Crippen LogP contribution is -2.59. The fourth-order valence-electron chi connectivity index (χ4n) is 3.24. The average Bonchev–Trinajstić information content (AvgIpc) is 2.86. The Hall–Kier alpha value is -1.06. The molecule has 0 spiro atoms. The first-order valence-electron chi connectivity index (χ1n) is 7.66. The van der Waals surface area contributed by atoms with Gasteiger partial charge in [-0.25, -0.2) is 0 Å². The van der Waals surface area contributed by atoms with E-state index in [0.717, 1.165) is 18.9 Å². The van der Waals surface area contributed by atoms with Gasteiger partial charge in [0, 0.05) is 6.54 Å². The Kier molecular flexibility index (Phi) is 4.83. The smallest absolute Gasteiger partial charge is 0.245 e. The monoisotopic (exact) mass is 266 g/mol. The molecule has 0 radical (unpaired) electrons. The summed E-state index contributed by atoms with van der Waals surface area (Å²) in [6.07, 6.45) is 7.68. The molecule has 2 fully saturated rings. The normalized spacial score (nSPS) is 25.2. The van der Waals surface area contributed by atoms with Crippen molar-refractivity contribution in [2.45, 2.75) is 58.4 Å². The number of hydrogen-bond acceptors (Lipinski definition) is 2. The largest absolute Gasteiger partial charge is 0.343 e. The molecule has 19 heavy (non-hydrogen) atoms. The summed E-state index contributed by atoms with van der Waals surface area (Å²) in [6, 6.07) is -0.326. The topological polar surface area (TPSA) is 49.4 Å². The van der Waals surface area contributed by atoms with Gasteiger partial charge in [-0.05, 0) is 24.7 Å². The van der Waals surface area contributed by atoms with Crippen LogP contribution < -0.4 is 5.32 Å². The first kappa shape index (κ1) is 14.4. The van der Waals surface area contributed by atoms with Crippen molar-refractivity contribution in [3.05, 3.63) is 0 Å². The molecule has 0 aromatic heterocycles. The standard InChI is InChI=1S/C15H26N2O2/c1-11(2)14-15(19)17(10-13(18)16-14)9-5-8-12-6-3-4-7-12/h11-12,14H,3-10H2,1-2H3,(H,16,18). The van der Waals surface area contributed by atoms with Crippen LogP contribution >= 0.6 is 0 Å². The highest BCUT2D eigenvalue weighted by atomic mass is 16.2. The summed E-state index contributed by atoms with van der Waals surface area (Å²) < 4.78 is 0. The van der Waals surface area contributed by atoms with Gasteiger partial charge in [-0.15, -0.1) is 0 Å². The molecule has 1 saturated carbocycles. The Labute approximate surface area is 115 Å². The number of rotatable bonds is 5. The number of piperazine rings is 1. The van der Waals surface area contributed by atoms with Crippen molar-refractivity contribution in [3.8, 4) is 0 Å². The van der Waals surface area contributed by atoms with Crippen molar-refractivity contribution in [2.24, 2.45) is 11.8 Å². The van der Waals surface area contributed by atoms with Gasteiger partial charge in [-0.3, -0.25) is 9.59 Å². The SMILES string of the molecule is CC(C)C1NC(=O)CN(CCCC2CCCC2)C1=O. The molecule has 4 heteroatoms. The fourth-order valence-corrected chi connectivity index (χ4v) is 3.24. The van der Waals surface area contributed by atoms with E-state index in [2.05, 4.69) is 5.32 Å². The van der Waals surface area contributed by atoms with Gasteiger partial charge in [0.2, 0.25) is 11.8 Å². The van der Waals surface area contributed by atoms with Crippen molar-refractivity contribution in [1.82, 2.24) is 10.2 Å². The molecule has 2 rings (SSSR count). The zero-order valence-corrected chi connectivity index (χ0v) is 12.2. The third-order valence-corrected chi connectivity index (χ3v) is 4.41. The van der Waals surface area contributed by atoms with Crippen LogP contribution in [0.3, 0.4) is 0 Å². The molecule has 1 heterocycles. The Morgan fingerprint density at radius 1 is 1.26 bits per heavy atom. The van der Waals surface area contributed by atoms with E-state index in [1.165, 1.54) is 32.1 Å². The number of nitrogens with one attached hydrogen (secondary N) is 1. The highest BCUT2D eigenvalue weighted by molar-refractivity contribution is 5.94. The van der Waals surface area contributed by atoms with Crippen LogP contribution in [0.25, 0.3) is 0 Å². The van der Waals surface area contributed by atoms with Gasteiger partial charge < -0.3 is 10.2 Å². The van der Waals surface area contributed by atoms with E-state index in [-0.39, 0.29) is 30.3 Å². The van der Waals surface area contributed by atoms with Crippen LogP contribution in [-0.4, -0.2) is 35.8 Å². The van der Waals surface area contributed by atoms with Gasteiger partial charge in [-0.1, -0.05) is 39.5 Å². The van der Waals surface area contributed by atoms with Gasteiger partial charge in [0.05, 0.1) is 6.54 Å². The predicted molar refractivity (Wildman–Crippen MR) is 74.5 cm³/mol. The lowest BCUT2D eigenvalue weighted by atomic mass is 9.99. The highest BCUT2D eigenvalue weighted by Gasteiger charge is 2.34. The molecule has 1 unspecified atom stereocenters. The maximum atomic E-state index is 12.3. The van der Waals surface area contributed by atoms with Crippen LogP contribution in [-0.2, 0) is 9.59 Å². The average molecular weight is 266 g/mol. The molecule has 4 nitrogen and oxygen atoms in total. The Balaban J connectivity index is 1.80. The number of hydrogen-bond donors (Lipinski definition) is 1. The fraction of sp³-hybridized carbons (Fsp3) is 0.867. The molecule has 1 aliphatic heterocycles. The number of nitrogens with zero attached hydrogens (tertiary/aromatic N) is 1. The molecular formula is C15H26N2O2. The van der Waals surface area contributed by atoms with Crippen LogP contribution in [0.1, 0.15) is 52.4 Å². The van der Waals surface area contributed by atoms with Gasteiger partial charge in [0.1, 0.15) is 6.04 Å². The van der Waals surface area contributed by atoms with E-state index in [1.54, 1.807) is 4.90 Å². The van der Waals surface area contributed by atoms with Crippen molar-refractivity contribution in [1.29, 1.82) is 0 Å². The van der Waals surface area contributed by atoms with Crippen LogP contribution in [0, 0.1) is 11.8 Å². The Bertz CT molecular complexity index is 335. The number of carbonyl (C=O) groups is 2. The zero-order valence-electron chi connectivity index (χ0n) is 12.2. The first-order valence-corrected chi connectivity index (χ1v) is 7.66. The van der Waals surface area contributed by atoms with E-state index in [1.807, 2.05) is 13.8 Å². The third-order valence-electron chi connectivity index (χ3n) is 4.41. The number of carbonyl (C=O) groups excluding carboxylic acids is 2. The minimum atomic E-state index is -0.326. The molecule has 108 valence electrons. The molecule has 1 saturated heterocycles. The molecule has 0 aromatic rings. The van der Waals surface area contributed by atoms with Crippen molar-refractivity contribution in [3.63, 3.8) is 0 Å². The second kappa shape index (κ2) is 6.40. The molecule has 2 aliphatic rings. The van der Waals surface area contributed by atoms with E-state index in [4.69, 9.17) is 0 Å². The lowest BCUT2D eigenvalue weighted by Gasteiger charge is -2.34. The predicted octanol–water partition coefficient (Wildman–Crippen LogP) is 1.94. The summed E-state index contributed by atoms with van der Waals surface area (Å²) >= 11 is 0. The maximum absolute atomic E-state index is 12.3. The van der Waals surface area contributed by atoms with Gasteiger partial charge in [-0.2, -0.15) is 0 Å². The molecule has 0 bridgehead atoms. The second-order valence-electron chi connectivity index (χ2n) is 6.34. The quantitative estimate of drug-likeness (QED) is 0.826. The summed E-state index contributed by atoms with van der Waals surface area (Å²) in [7, 11) is 0. The number of amides is 2. The summed E-state index contributed by atoms with van der Waals surface area (Å²) in [5.41, 5.74) is 0. The molecule has 1 atom stereocenters. The van der Waals surface area contributed by atoms with Crippen LogP contribution in [0.5, 0.6) is 0 Å². The molecule has 1 N–H and O–H groups in total. The van der Waals surface area contributed by atoms with Crippen molar-refractivity contribution >= 4 is 11.8 Å².